The molecule has 1 heterocycles. The second kappa shape index (κ2) is 5.78. The van der Waals surface area contributed by atoms with Gasteiger partial charge in [0.25, 0.3) is 0 Å². The lowest BCUT2D eigenvalue weighted by Crippen LogP contribution is -2.11. The van der Waals surface area contributed by atoms with Gasteiger partial charge in [0.15, 0.2) is 0 Å². The van der Waals surface area contributed by atoms with Crippen molar-refractivity contribution in [2.24, 2.45) is 0 Å². The van der Waals surface area contributed by atoms with Crippen LogP contribution in [0.1, 0.15) is 5.56 Å². The molecule has 0 aliphatic heterocycles. The Labute approximate surface area is 117 Å². The van der Waals surface area contributed by atoms with Gasteiger partial charge >= 0.3 is 11.9 Å². The van der Waals surface area contributed by atoms with Crippen molar-refractivity contribution in [2.75, 3.05) is 5.32 Å². The quantitative estimate of drug-likeness (QED) is 0.687. The zero-order valence-corrected chi connectivity index (χ0v) is 10.6. The van der Waals surface area contributed by atoms with E-state index in [2.05, 4.69) is 10.3 Å². The van der Waals surface area contributed by atoms with Crippen LogP contribution in [0.4, 0.5) is 30.4 Å². The molecule has 0 atom stereocenters. The topological polar surface area (TPSA) is 68.1 Å². The summed E-state index contributed by atoms with van der Waals surface area (Å²) in [7, 11) is 0. The molecule has 110 valence electrons. The van der Waals surface area contributed by atoms with E-state index < -0.39 is 17.5 Å². The molecule has 0 amide bonds. The molecule has 1 aromatic heterocycles. The summed E-state index contributed by atoms with van der Waals surface area (Å²) in [6.07, 6.45) is -4.02. The second-order valence-corrected chi connectivity index (χ2v) is 4.25. The molecule has 0 fully saturated rings. The molecule has 0 saturated carbocycles. The highest BCUT2D eigenvalue weighted by molar-refractivity contribution is 5.65. The lowest BCUT2D eigenvalue weighted by atomic mass is 10.1. The molecule has 1 N–H and O–H groups in total. The average Bonchev–Trinajstić information content (AvgIpc) is 2.37. The van der Waals surface area contributed by atoms with Crippen LogP contribution >= 0.6 is 0 Å². The summed E-state index contributed by atoms with van der Waals surface area (Å²) in [5, 5.41) is 13.5. The molecule has 0 spiro atoms. The highest BCUT2D eigenvalue weighted by Crippen LogP contribution is 2.27. The predicted molar refractivity (Wildman–Crippen MR) is 70.4 cm³/mol. The van der Waals surface area contributed by atoms with E-state index in [1.165, 1.54) is 42.6 Å². The molecule has 0 saturated heterocycles. The molecule has 0 radical (unpaired) electrons. The van der Waals surface area contributed by atoms with E-state index in [-0.39, 0.29) is 17.1 Å². The number of alkyl halides is 3. The molecule has 5 nitrogen and oxygen atoms in total. The minimum absolute atomic E-state index is 0.0216. The Balaban J connectivity index is 2.25. The van der Waals surface area contributed by atoms with Gasteiger partial charge in [-0.25, -0.2) is 4.98 Å². The summed E-state index contributed by atoms with van der Waals surface area (Å²) in [5.41, 5.74) is 0.114. The predicted octanol–water partition coefficient (Wildman–Crippen LogP) is 3.84. The van der Waals surface area contributed by atoms with Crippen molar-refractivity contribution in [3.05, 3.63) is 58.3 Å². The summed E-state index contributed by atoms with van der Waals surface area (Å²) < 4.78 is 37.0. The van der Waals surface area contributed by atoms with Gasteiger partial charge in [0, 0.05) is 18.0 Å². The number of halogens is 3. The molecule has 0 unspecified atom stereocenters. The van der Waals surface area contributed by atoms with Gasteiger partial charge in [0.1, 0.15) is 0 Å². The molecule has 1 aromatic carbocycles. The Morgan fingerprint density at radius 3 is 2.67 bits per heavy atom. The molecule has 0 aliphatic carbocycles. The Morgan fingerprint density at radius 2 is 2.00 bits per heavy atom. The molecule has 2 rings (SSSR count). The third-order valence-electron chi connectivity index (χ3n) is 2.58. The molecule has 0 bridgehead atoms. The van der Waals surface area contributed by atoms with Crippen LogP contribution < -0.4 is 5.32 Å². The highest BCUT2D eigenvalue weighted by atomic mass is 19.4. The van der Waals surface area contributed by atoms with Gasteiger partial charge < -0.3 is 5.32 Å². The van der Waals surface area contributed by atoms with Crippen LogP contribution in [-0.4, -0.2) is 16.1 Å². The maximum atomic E-state index is 12.3. The third kappa shape index (κ3) is 4.16. The number of benzene rings is 1. The summed E-state index contributed by atoms with van der Waals surface area (Å²) in [5.74, 6) is -0.0216. The third-order valence-corrected chi connectivity index (χ3v) is 2.58. The summed E-state index contributed by atoms with van der Waals surface area (Å²) in [4.78, 5) is 14.1. The van der Waals surface area contributed by atoms with Crippen molar-refractivity contribution in [2.45, 2.75) is 12.6 Å². The molecule has 8 heteroatoms. The Hall–Kier alpha value is -2.64. The van der Waals surface area contributed by atoms with Crippen molar-refractivity contribution in [1.82, 2.24) is 4.98 Å². The Morgan fingerprint density at radius 1 is 1.24 bits per heavy atom. The minimum Gasteiger partial charge on any atom is -0.334 e. The van der Waals surface area contributed by atoms with Gasteiger partial charge in [0.2, 0.25) is 5.82 Å². The summed E-state index contributed by atoms with van der Waals surface area (Å²) in [6.45, 7) is 0. The van der Waals surface area contributed by atoms with Crippen LogP contribution in [0.5, 0.6) is 0 Å². The number of aromatic nitrogens is 1. The van der Waals surface area contributed by atoms with Crippen molar-refractivity contribution in [1.29, 1.82) is 0 Å². The molecule has 2 aromatic rings. The maximum absolute atomic E-state index is 12.3. The number of nitro groups is 1. The van der Waals surface area contributed by atoms with Crippen LogP contribution in [0.15, 0.2) is 42.6 Å². The largest absolute Gasteiger partial charge is 0.393 e. The van der Waals surface area contributed by atoms with E-state index in [4.69, 9.17) is 0 Å². The van der Waals surface area contributed by atoms with Crippen molar-refractivity contribution in [3.63, 3.8) is 0 Å². The van der Waals surface area contributed by atoms with Crippen LogP contribution in [0.3, 0.4) is 0 Å². The summed E-state index contributed by atoms with van der Waals surface area (Å²) in [6, 6.07) is 8.24. The molecule has 0 aliphatic rings. The minimum atomic E-state index is -4.31. The SMILES string of the molecule is O=[N+]([O-])c1cccnc1Nc1cccc(CC(F)(F)F)c1. The van der Waals surface area contributed by atoms with Crippen LogP contribution in [0.2, 0.25) is 0 Å². The molecular formula is C13H10F3N3O2. The van der Waals surface area contributed by atoms with Crippen LogP contribution in [0.25, 0.3) is 0 Å². The first-order chi connectivity index (χ1) is 9.85. The lowest BCUT2D eigenvalue weighted by Gasteiger charge is -2.09. The fraction of sp³-hybridized carbons (Fsp3) is 0.154. The maximum Gasteiger partial charge on any atom is 0.393 e. The first-order valence-electron chi connectivity index (χ1n) is 5.87. The first-order valence-corrected chi connectivity index (χ1v) is 5.87. The standard InChI is InChI=1S/C13H10F3N3O2/c14-13(15,16)8-9-3-1-4-10(7-9)18-12-11(19(20)21)5-2-6-17-12/h1-7H,8H2,(H,17,18). The van der Waals surface area contributed by atoms with Gasteiger partial charge in [-0.05, 0) is 23.8 Å². The van der Waals surface area contributed by atoms with E-state index in [1.807, 2.05) is 0 Å². The van der Waals surface area contributed by atoms with Gasteiger partial charge in [-0.1, -0.05) is 12.1 Å². The van der Waals surface area contributed by atoms with E-state index in [1.54, 1.807) is 0 Å². The number of nitrogens with one attached hydrogen (secondary N) is 1. The van der Waals surface area contributed by atoms with Crippen LogP contribution in [0, 0.1) is 10.1 Å². The normalized spacial score (nSPS) is 11.2. The van der Waals surface area contributed by atoms with E-state index >= 15 is 0 Å². The molecule has 21 heavy (non-hydrogen) atoms. The monoisotopic (exact) mass is 297 g/mol. The number of nitrogens with zero attached hydrogens (tertiary/aromatic N) is 2. The fourth-order valence-electron chi connectivity index (χ4n) is 1.77. The highest BCUT2D eigenvalue weighted by Gasteiger charge is 2.27. The zero-order valence-electron chi connectivity index (χ0n) is 10.6. The number of hydrogen-bond donors (Lipinski definition) is 1. The average molecular weight is 297 g/mol. The number of pyridine rings is 1. The molecular weight excluding hydrogens is 287 g/mol. The summed E-state index contributed by atoms with van der Waals surface area (Å²) >= 11 is 0. The number of anilines is 2. The Bertz CT molecular complexity index is 659. The Kier molecular flexibility index (Phi) is 4.06. The van der Waals surface area contributed by atoms with E-state index in [0.29, 0.717) is 5.69 Å². The van der Waals surface area contributed by atoms with Gasteiger partial charge in [-0.2, -0.15) is 13.2 Å². The number of rotatable bonds is 4. The van der Waals surface area contributed by atoms with Crippen molar-refractivity contribution < 1.29 is 18.1 Å². The zero-order chi connectivity index (χ0) is 15.5. The van der Waals surface area contributed by atoms with Crippen molar-refractivity contribution >= 4 is 17.2 Å². The van der Waals surface area contributed by atoms with E-state index in [0.717, 1.165) is 0 Å². The fourth-order valence-corrected chi connectivity index (χ4v) is 1.77. The smallest absolute Gasteiger partial charge is 0.334 e. The van der Waals surface area contributed by atoms with Gasteiger partial charge in [-0.3, -0.25) is 10.1 Å². The van der Waals surface area contributed by atoms with Crippen LogP contribution in [-0.2, 0) is 6.42 Å². The van der Waals surface area contributed by atoms with Crippen molar-refractivity contribution in [3.8, 4) is 0 Å². The van der Waals surface area contributed by atoms with Gasteiger partial charge in [-0.15, -0.1) is 0 Å². The lowest BCUT2D eigenvalue weighted by molar-refractivity contribution is -0.384. The van der Waals surface area contributed by atoms with E-state index in [9.17, 15) is 23.3 Å². The first kappa shape index (κ1) is 14.8. The second-order valence-electron chi connectivity index (χ2n) is 4.25. The number of hydrogen-bond acceptors (Lipinski definition) is 4. The van der Waals surface area contributed by atoms with Gasteiger partial charge in [0.05, 0.1) is 11.3 Å².